The summed E-state index contributed by atoms with van der Waals surface area (Å²) in [4.78, 5) is 11.9. The van der Waals surface area contributed by atoms with Crippen molar-refractivity contribution in [2.45, 2.75) is 6.92 Å². The predicted octanol–water partition coefficient (Wildman–Crippen LogP) is 3.07. The molecule has 0 spiro atoms. The molecule has 2 aromatic carbocycles. The van der Waals surface area contributed by atoms with Crippen LogP contribution in [0.1, 0.15) is 21.5 Å². The summed E-state index contributed by atoms with van der Waals surface area (Å²) in [6.45, 7) is 2.00. The Morgan fingerprint density at radius 1 is 1.25 bits per heavy atom. The minimum Gasteiger partial charge on any atom is -0.507 e. The Bertz CT molecular complexity index is 651. The van der Waals surface area contributed by atoms with Crippen molar-refractivity contribution in [3.05, 3.63) is 62.7 Å². The first-order valence-corrected chi connectivity index (χ1v) is 7.03. The van der Waals surface area contributed by atoms with E-state index in [9.17, 15) is 9.90 Å². The number of hydrogen-bond donors (Lipinski definition) is 2. The summed E-state index contributed by atoms with van der Waals surface area (Å²) in [6, 6.07) is 12.6. The molecule has 5 heteroatoms. The highest BCUT2D eigenvalue weighted by molar-refractivity contribution is 14.1. The van der Waals surface area contributed by atoms with E-state index in [4.69, 9.17) is 0 Å². The van der Waals surface area contributed by atoms with Gasteiger partial charge in [0.2, 0.25) is 0 Å². The van der Waals surface area contributed by atoms with Crippen LogP contribution in [-0.2, 0) is 0 Å². The zero-order chi connectivity index (χ0) is 14.5. The van der Waals surface area contributed by atoms with E-state index in [2.05, 4.69) is 33.1 Å². The smallest absolute Gasteiger partial charge is 0.275 e. The van der Waals surface area contributed by atoms with E-state index < -0.39 is 5.91 Å². The molecule has 2 aromatic rings. The van der Waals surface area contributed by atoms with E-state index in [0.717, 1.165) is 14.7 Å². The topological polar surface area (TPSA) is 61.7 Å². The maximum Gasteiger partial charge on any atom is 0.275 e. The van der Waals surface area contributed by atoms with Gasteiger partial charge < -0.3 is 5.11 Å². The van der Waals surface area contributed by atoms with E-state index >= 15 is 0 Å². The predicted molar refractivity (Wildman–Crippen MR) is 87.1 cm³/mol. The molecule has 4 nitrogen and oxygen atoms in total. The third kappa shape index (κ3) is 3.80. The fourth-order valence-corrected chi connectivity index (χ4v) is 2.06. The second-order valence-corrected chi connectivity index (χ2v) is 5.52. The van der Waals surface area contributed by atoms with Gasteiger partial charge in [0, 0.05) is 3.57 Å². The largest absolute Gasteiger partial charge is 0.507 e. The third-order valence-electron chi connectivity index (χ3n) is 2.66. The lowest BCUT2D eigenvalue weighted by molar-refractivity contribution is 0.0952. The number of hydrazone groups is 1. The van der Waals surface area contributed by atoms with Gasteiger partial charge in [-0.3, -0.25) is 4.79 Å². The number of nitrogens with one attached hydrogen (secondary N) is 1. The number of phenolic OH excluding ortho intramolecular Hbond substituents is 1. The molecule has 0 radical (unpaired) electrons. The quantitative estimate of drug-likeness (QED) is 0.489. The number of aromatic hydroxyl groups is 1. The second-order valence-electron chi connectivity index (χ2n) is 4.27. The molecule has 0 aliphatic heterocycles. The van der Waals surface area contributed by atoms with E-state index in [1.165, 1.54) is 6.07 Å². The van der Waals surface area contributed by atoms with Gasteiger partial charge in [0.05, 0.1) is 11.8 Å². The fourth-order valence-electron chi connectivity index (χ4n) is 1.57. The Kier molecular flexibility index (Phi) is 4.73. The van der Waals surface area contributed by atoms with Crippen LogP contribution in [0, 0.1) is 10.5 Å². The number of nitrogens with zero attached hydrogens (tertiary/aromatic N) is 1. The number of halogens is 1. The maximum atomic E-state index is 11.9. The minimum atomic E-state index is -0.440. The van der Waals surface area contributed by atoms with Crippen LogP contribution in [0.4, 0.5) is 0 Å². The van der Waals surface area contributed by atoms with Crippen LogP contribution in [0.2, 0.25) is 0 Å². The van der Waals surface area contributed by atoms with Crippen molar-refractivity contribution in [1.82, 2.24) is 5.43 Å². The van der Waals surface area contributed by atoms with E-state index in [0.29, 0.717) is 0 Å². The van der Waals surface area contributed by atoms with Gasteiger partial charge in [0.25, 0.3) is 5.91 Å². The molecule has 0 aliphatic rings. The van der Waals surface area contributed by atoms with Gasteiger partial charge >= 0.3 is 0 Å². The SMILES string of the molecule is Cc1ccc(/C=N/NC(=O)c2cc(I)ccc2O)cc1. The molecule has 102 valence electrons. The van der Waals surface area contributed by atoms with Crippen molar-refractivity contribution < 1.29 is 9.90 Å². The van der Waals surface area contributed by atoms with Gasteiger partial charge in [0.1, 0.15) is 5.75 Å². The first-order chi connectivity index (χ1) is 9.56. The number of carbonyl (C=O) groups excluding carboxylic acids is 1. The first kappa shape index (κ1) is 14.5. The summed E-state index contributed by atoms with van der Waals surface area (Å²) >= 11 is 2.08. The van der Waals surface area contributed by atoms with Gasteiger partial charge in [-0.25, -0.2) is 5.43 Å². The number of phenols is 1. The van der Waals surface area contributed by atoms with E-state index in [1.54, 1.807) is 18.3 Å². The summed E-state index contributed by atoms with van der Waals surface area (Å²) < 4.78 is 0.869. The van der Waals surface area contributed by atoms with Crippen molar-refractivity contribution in [2.24, 2.45) is 5.10 Å². The average Bonchev–Trinajstić information content (AvgIpc) is 2.43. The highest BCUT2D eigenvalue weighted by atomic mass is 127. The zero-order valence-corrected chi connectivity index (χ0v) is 13.0. The Morgan fingerprint density at radius 2 is 1.95 bits per heavy atom. The number of aryl methyl sites for hydroxylation is 1. The molecule has 0 fully saturated rings. The summed E-state index contributed by atoms with van der Waals surface area (Å²) in [7, 11) is 0. The number of carbonyl (C=O) groups is 1. The van der Waals surface area contributed by atoms with Crippen LogP contribution < -0.4 is 5.43 Å². The van der Waals surface area contributed by atoms with Gasteiger partial charge in [-0.2, -0.15) is 5.10 Å². The summed E-state index contributed by atoms with van der Waals surface area (Å²) in [5.41, 5.74) is 4.66. The molecule has 0 saturated carbocycles. The molecule has 0 heterocycles. The molecule has 0 saturated heterocycles. The maximum absolute atomic E-state index is 11.9. The molecular formula is C15H13IN2O2. The van der Waals surface area contributed by atoms with Crippen LogP contribution in [0.25, 0.3) is 0 Å². The average molecular weight is 380 g/mol. The number of amides is 1. The summed E-state index contributed by atoms with van der Waals surface area (Å²) in [5, 5.41) is 13.5. The molecular weight excluding hydrogens is 367 g/mol. The molecule has 0 atom stereocenters. The van der Waals surface area contributed by atoms with Crippen molar-refractivity contribution in [1.29, 1.82) is 0 Å². The van der Waals surface area contributed by atoms with E-state index in [-0.39, 0.29) is 11.3 Å². The number of rotatable bonds is 3. The normalized spacial score (nSPS) is 10.7. The minimum absolute atomic E-state index is 0.0616. The van der Waals surface area contributed by atoms with Crippen LogP contribution in [0.5, 0.6) is 5.75 Å². The monoisotopic (exact) mass is 380 g/mol. The third-order valence-corrected chi connectivity index (χ3v) is 3.33. The second kappa shape index (κ2) is 6.51. The van der Waals surface area contributed by atoms with Crippen LogP contribution in [0.15, 0.2) is 47.6 Å². The summed E-state index contributed by atoms with van der Waals surface area (Å²) in [5.74, 6) is -0.502. The lowest BCUT2D eigenvalue weighted by atomic mass is 10.2. The standard InChI is InChI=1S/C15H13IN2O2/c1-10-2-4-11(5-3-10)9-17-18-15(20)13-8-12(16)6-7-14(13)19/h2-9,19H,1H3,(H,18,20)/b17-9+. The highest BCUT2D eigenvalue weighted by Gasteiger charge is 2.10. The Labute approximate surface area is 130 Å². The van der Waals surface area contributed by atoms with Crippen LogP contribution >= 0.6 is 22.6 Å². The number of hydrogen-bond acceptors (Lipinski definition) is 3. The lowest BCUT2D eigenvalue weighted by Gasteiger charge is -2.03. The van der Waals surface area contributed by atoms with Crippen molar-refractivity contribution >= 4 is 34.7 Å². The molecule has 0 bridgehead atoms. The summed E-state index contributed by atoms with van der Waals surface area (Å²) in [6.07, 6.45) is 1.56. The van der Waals surface area contributed by atoms with Gasteiger partial charge in [-0.15, -0.1) is 0 Å². The zero-order valence-electron chi connectivity index (χ0n) is 10.8. The number of benzene rings is 2. The van der Waals surface area contributed by atoms with Crippen molar-refractivity contribution in [2.75, 3.05) is 0 Å². The molecule has 0 unspecified atom stereocenters. The Hall–Kier alpha value is -1.89. The molecule has 2 rings (SSSR count). The lowest BCUT2D eigenvalue weighted by Crippen LogP contribution is -2.17. The fraction of sp³-hybridized carbons (Fsp3) is 0.0667. The molecule has 2 N–H and O–H groups in total. The van der Waals surface area contributed by atoms with Crippen molar-refractivity contribution in [3.8, 4) is 5.75 Å². The Morgan fingerprint density at radius 3 is 2.65 bits per heavy atom. The first-order valence-electron chi connectivity index (χ1n) is 5.95. The highest BCUT2D eigenvalue weighted by Crippen LogP contribution is 2.19. The van der Waals surface area contributed by atoms with Crippen molar-refractivity contribution in [3.63, 3.8) is 0 Å². The van der Waals surface area contributed by atoms with Gasteiger partial charge in [-0.1, -0.05) is 29.8 Å². The van der Waals surface area contributed by atoms with Gasteiger partial charge in [-0.05, 0) is 53.3 Å². The molecule has 1 amide bonds. The van der Waals surface area contributed by atoms with Gasteiger partial charge in [0.15, 0.2) is 0 Å². The Balaban J connectivity index is 2.05. The molecule has 0 aromatic heterocycles. The molecule has 0 aliphatic carbocycles. The van der Waals surface area contributed by atoms with Crippen LogP contribution in [0.3, 0.4) is 0 Å². The van der Waals surface area contributed by atoms with Crippen LogP contribution in [-0.4, -0.2) is 17.2 Å². The molecule has 20 heavy (non-hydrogen) atoms. The van der Waals surface area contributed by atoms with E-state index in [1.807, 2.05) is 31.2 Å².